The molecule has 0 aliphatic carbocycles. The summed E-state index contributed by atoms with van der Waals surface area (Å²) in [5.41, 5.74) is 2.06. The van der Waals surface area contributed by atoms with Crippen molar-refractivity contribution in [3.63, 3.8) is 0 Å². The SMILES string of the molecule is CC=CNC1=CC=N/C1=C/C. The van der Waals surface area contributed by atoms with E-state index in [2.05, 4.69) is 10.3 Å². The van der Waals surface area contributed by atoms with Gasteiger partial charge in [0, 0.05) is 6.21 Å². The molecule has 0 unspecified atom stereocenters. The summed E-state index contributed by atoms with van der Waals surface area (Å²) >= 11 is 0. The second-order valence-electron chi connectivity index (χ2n) is 2.18. The topological polar surface area (TPSA) is 24.4 Å². The first-order valence-corrected chi connectivity index (χ1v) is 3.67. The molecule has 0 bridgehead atoms. The molecule has 2 heteroatoms. The van der Waals surface area contributed by atoms with Crippen molar-refractivity contribution in [1.29, 1.82) is 0 Å². The van der Waals surface area contributed by atoms with Crippen molar-refractivity contribution in [3.8, 4) is 0 Å². The van der Waals surface area contributed by atoms with Gasteiger partial charge in [-0.1, -0.05) is 12.2 Å². The van der Waals surface area contributed by atoms with Gasteiger partial charge in [-0.25, -0.2) is 0 Å². The Bertz CT molecular complexity index is 244. The summed E-state index contributed by atoms with van der Waals surface area (Å²) in [6.45, 7) is 3.95. The summed E-state index contributed by atoms with van der Waals surface area (Å²) in [4.78, 5) is 4.14. The van der Waals surface area contributed by atoms with Crippen LogP contribution < -0.4 is 5.32 Å². The number of hydrogen-bond donors (Lipinski definition) is 1. The first-order valence-electron chi connectivity index (χ1n) is 3.67. The van der Waals surface area contributed by atoms with Gasteiger partial charge in [0.25, 0.3) is 0 Å². The number of aliphatic imine (C=N–C) groups is 1. The third kappa shape index (κ3) is 1.80. The van der Waals surface area contributed by atoms with Crippen LogP contribution in [0.2, 0.25) is 0 Å². The Morgan fingerprint density at radius 1 is 1.45 bits per heavy atom. The van der Waals surface area contributed by atoms with Crippen LogP contribution in [0.5, 0.6) is 0 Å². The average Bonchev–Trinajstić information content (AvgIpc) is 2.47. The third-order valence-electron chi connectivity index (χ3n) is 1.41. The Labute approximate surface area is 67.0 Å². The molecule has 0 saturated heterocycles. The van der Waals surface area contributed by atoms with E-state index in [0.29, 0.717) is 0 Å². The van der Waals surface area contributed by atoms with E-state index in [-0.39, 0.29) is 0 Å². The number of nitrogens with one attached hydrogen (secondary N) is 1. The van der Waals surface area contributed by atoms with Crippen molar-refractivity contribution < 1.29 is 0 Å². The molecular formula is C9H12N2. The van der Waals surface area contributed by atoms with Gasteiger partial charge in [-0.05, 0) is 26.1 Å². The highest BCUT2D eigenvalue weighted by molar-refractivity contribution is 5.79. The fraction of sp³-hybridized carbons (Fsp3) is 0.222. The summed E-state index contributed by atoms with van der Waals surface area (Å²) in [5, 5.41) is 3.12. The molecule has 58 valence electrons. The van der Waals surface area contributed by atoms with Crippen LogP contribution in [0.3, 0.4) is 0 Å². The minimum absolute atomic E-state index is 1.00. The van der Waals surface area contributed by atoms with Gasteiger partial charge in [-0.15, -0.1) is 0 Å². The van der Waals surface area contributed by atoms with Crippen molar-refractivity contribution in [2.24, 2.45) is 4.99 Å². The van der Waals surface area contributed by atoms with Crippen LogP contribution in [-0.4, -0.2) is 6.21 Å². The average molecular weight is 148 g/mol. The van der Waals surface area contributed by atoms with Gasteiger partial charge in [0.2, 0.25) is 0 Å². The second-order valence-corrected chi connectivity index (χ2v) is 2.18. The Morgan fingerprint density at radius 3 is 2.91 bits per heavy atom. The predicted molar refractivity (Wildman–Crippen MR) is 48.3 cm³/mol. The van der Waals surface area contributed by atoms with Gasteiger partial charge in [-0.3, -0.25) is 4.99 Å². The van der Waals surface area contributed by atoms with E-state index in [1.54, 1.807) is 6.21 Å². The maximum Gasteiger partial charge on any atom is 0.0822 e. The lowest BCUT2D eigenvalue weighted by atomic mass is 10.3. The van der Waals surface area contributed by atoms with Crippen molar-refractivity contribution >= 4 is 6.21 Å². The van der Waals surface area contributed by atoms with Gasteiger partial charge in [-0.2, -0.15) is 0 Å². The Hall–Kier alpha value is -1.31. The van der Waals surface area contributed by atoms with Gasteiger partial charge >= 0.3 is 0 Å². The van der Waals surface area contributed by atoms with E-state index in [1.165, 1.54) is 0 Å². The van der Waals surface area contributed by atoms with Crippen molar-refractivity contribution in [2.45, 2.75) is 13.8 Å². The highest BCUT2D eigenvalue weighted by Crippen LogP contribution is 2.11. The Balaban J connectivity index is 2.61. The zero-order valence-electron chi connectivity index (χ0n) is 6.83. The molecule has 0 atom stereocenters. The van der Waals surface area contributed by atoms with E-state index in [1.807, 2.05) is 38.3 Å². The fourth-order valence-electron chi connectivity index (χ4n) is 0.872. The number of hydrogen-bond acceptors (Lipinski definition) is 2. The summed E-state index contributed by atoms with van der Waals surface area (Å²) in [6.07, 6.45) is 9.57. The fourth-order valence-corrected chi connectivity index (χ4v) is 0.872. The minimum atomic E-state index is 1.00. The largest absolute Gasteiger partial charge is 0.360 e. The van der Waals surface area contributed by atoms with Crippen LogP contribution in [0.1, 0.15) is 13.8 Å². The standard InChI is InChI=1S/C9H12N2/c1-3-6-10-9-5-7-11-8(9)4-2/h3-7,10H,1-2H3/b6-3?,8-4+. The lowest BCUT2D eigenvalue weighted by molar-refractivity contribution is 1.06. The molecule has 0 aromatic carbocycles. The second kappa shape index (κ2) is 3.76. The molecule has 0 fully saturated rings. The Kier molecular flexibility index (Phi) is 2.66. The van der Waals surface area contributed by atoms with Crippen LogP contribution in [-0.2, 0) is 0 Å². The van der Waals surface area contributed by atoms with E-state index in [0.717, 1.165) is 11.4 Å². The lowest BCUT2D eigenvalue weighted by Crippen LogP contribution is -2.03. The molecule has 11 heavy (non-hydrogen) atoms. The highest BCUT2D eigenvalue weighted by Gasteiger charge is 2.03. The molecule has 1 rings (SSSR count). The van der Waals surface area contributed by atoms with E-state index in [9.17, 15) is 0 Å². The normalized spacial score (nSPS) is 19.8. The molecule has 2 nitrogen and oxygen atoms in total. The maximum atomic E-state index is 4.14. The lowest BCUT2D eigenvalue weighted by Gasteiger charge is -2.00. The zero-order chi connectivity index (χ0) is 8.10. The number of allylic oxidation sites excluding steroid dienone is 3. The van der Waals surface area contributed by atoms with Gasteiger partial charge in [0.05, 0.1) is 11.4 Å². The summed E-state index contributed by atoms with van der Waals surface area (Å²) in [6, 6.07) is 0. The highest BCUT2D eigenvalue weighted by atomic mass is 14.9. The molecule has 0 aromatic heterocycles. The van der Waals surface area contributed by atoms with Crippen molar-refractivity contribution in [1.82, 2.24) is 5.32 Å². The van der Waals surface area contributed by atoms with Crippen molar-refractivity contribution in [3.05, 3.63) is 35.8 Å². The first kappa shape index (κ1) is 7.79. The van der Waals surface area contributed by atoms with E-state index >= 15 is 0 Å². The molecule has 1 heterocycles. The van der Waals surface area contributed by atoms with Gasteiger partial charge in [0.15, 0.2) is 0 Å². The van der Waals surface area contributed by atoms with Crippen LogP contribution in [0.25, 0.3) is 0 Å². The van der Waals surface area contributed by atoms with E-state index in [4.69, 9.17) is 0 Å². The van der Waals surface area contributed by atoms with Crippen LogP contribution in [0.15, 0.2) is 40.8 Å². The number of nitrogens with zero attached hydrogens (tertiary/aromatic N) is 1. The van der Waals surface area contributed by atoms with Crippen LogP contribution >= 0.6 is 0 Å². The molecule has 1 aliphatic rings. The quantitative estimate of drug-likeness (QED) is 0.636. The third-order valence-corrected chi connectivity index (χ3v) is 1.41. The maximum absolute atomic E-state index is 4.14. The molecule has 0 aromatic rings. The van der Waals surface area contributed by atoms with E-state index < -0.39 is 0 Å². The molecule has 1 aliphatic heterocycles. The predicted octanol–water partition coefficient (Wildman–Crippen LogP) is 1.98. The summed E-state index contributed by atoms with van der Waals surface area (Å²) < 4.78 is 0. The monoisotopic (exact) mass is 148 g/mol. The van der Waals surface area contributed by atoms with Crippen molar-refractivity contribution in [2.75, 3.05) is 0 Å². The molecule has 0 spiro atoms. The zero-order valence-corrected chi connectivity index (χ0v) is 6.83. The molecular weight excluding hydrogens is 136 g/mol. The first-order chi connectivity index (χ1) is 5.38. The van der Waals surface area contributed by atoms with Crippen LogP contribution in [0.4, 0.5) is 0 Å². The molecule has 0 saturated carbocycles. The molecule has 0 radical (unpaired) electrons. The van der Waals surface area contributed by atoms with Gasteiger partial charge < -0.3 is 5.32 Å². The molecule has 0 amide bonds. The van der Waals surface area contributed by atoms with Gasteiger partial charge in [0.1, 0.15) is 0 Å². The minimum Gasteiger partial charge on any atom is -0.360 e. The summed E-state index contributed by atoms with van der Waals surface area (Å²) in [7, 11) is 0. The molecule has 1 N–H and O–H groups in total. The number of rotatable bonds is 2. The smallest absolute Gasteiger partial charge is 0.0822 e. The summed E-state index contributed by atoms with van der Waals surface area (Å²) in [5.74, 6) is 0. The van der Waals surface area contributed by atoms with Crippen LogP contribution in [0, 0.1) is 0 Å². The Morgan fingerprint density at radius 2 is 2.27 bits per heavy atom.